The van der Waals surface area contributed by atoms with E-state index in [2.05, 4.69) is 12.1 Å². The van der Waals surface area contributed by atoms with E-state index in [4.69, 9.17) is 14.6 Å². The largest absolute Gasteiger partial charge is 0.490 e. The average molecular weight is 347 g/mol. The van der Waals surface area contributed by atoms with Gasteiger partial charge in [0.05, 0.1) is 0 Å². The van der Waals surface area contributed by atoms with Crippen molar-refractivity contribution < 1.29 is 24.2 Å². The zero-order chi connectivity index (χ0) is 18.0. The summed E-state index contributed by atoms with van der Waals surface area (Å²) in [5.74, 6) is -0.168. The van der Waals surface area contributed by atoms with Gasteiger partial charge >= 0.3 is 5.97 Å². The fraction of sp³-hybridized carbons (Fsp3) is 0.579. The molecule has 0 bridgehead atoms. The molecule has 1 N–H and O–H groups in total. The number of ether oxygens (including phenoxy) is 2. The highest BCUT2D eigenvalue weighted by atomic mass is 16.5. The van der Waals surface area contributed by atoms with Gasteiger partial charge in [0.25, 0.3) is 5.91 Å². The lowest BCUT2D eigenvalue weighted by molar-refractivity contribution is -0.155. The van der Waals surface area contributed by atoms with Crippen molar-refractivity contribution in [3.63, 3.8) is 0 Å². The quantitative estimate of drug-likeness (QED) is 0.904. The Morgan fingerprint density at radius 1 is 1.12 bits per heavy atom. The number of benzene rings is 1. The Labute approximate surface area is 147 Å². The van der Waals surface area contributed by atoms with Crippen LogP contribution in [-0.4, -0.2) is 53.3 Å². The second kappa shape index (κ2) is 7.44. The molecule has 0 aliphatic carbocycles. The van der Waals surface area contributed by atoms with Gasteiger partial charge in [-0.15, -0.1) is 0 Å². The van der Waals surface area contributed by atoms with Gasteiger partial charge in [-0.2, -0.15) is 0 Å². The Kier molecular flexibility index (Phi) is 5.27. The highest BCUT2D eigenvalue weighted by molar-refractivity contribution is 5.82. The highest BCUT2D eigenvalue weighted by Gasteiger charge is 2.37. The van der Waals surface area contributed by atoms with Gasteiger partial charge in [0.2, 0.25) is 0 Å². The van der Waals surface area contributed by atoms with Crippen LogP contribution >= 0.6 is 0 Å². The molecule has 2 atom stereocenters. The second-order valence-electron chi connectivity index (χ2n) is 6.94. The first-order valence-electron chi connectivity index (χ1n) is 8.85. The van der Waals surface area contributed by atoms with Crippen molar-refractivity contribution in [3.05, 3.63) is 29.3 Å². The summed E-state index contributed by atoms with van der Waals surface area (Å²) in [5, 5.41) is 8.97. The Morgan fingerprint density at radius 3 is 2.44 bits per heavy atom. The fourth-order valence-corrected chi connectivity index (χ4v) is 3.41. The number of hydrogen-bond acceptors (Lipinski definition) is 4. The topological polar surface area (TPSA) is 76.1 Å². The minimum absolute atomic E-state index is 0.0889. The van der Waals surface area contributed by atoms with Crippen molar-refractivity contribution in [2.24, 2.45) is 0 Å². The van der Waals surface area contributed by atoms with Crippen LogP contribution in [0.4, 0.5) is 0 Å². The summed E-state index contributed by atoms with van der Waals surface area (Å²) in [6.07, 6.45) is 1.06. The summed E-state index contributed by atoms with van der Waals surface area (Å²) in [5.41, 5.74) is 2.28. The first-order valence-corrected chi connectivity index (χ1v) is 8.85. The van der Waals surface area contributed by atoms with E-state index in [1.165, 1.54) is 5.56 Å². The smallest absolute Gasteiger partial charge is 0.332 e. The first kappa shape index (κ1) is 17.7. The monoisotopic (exact) mass is 347 g/mol. The van der Waals surface area contributed by atoms with E-state index in [-0.39, 0.29) is 12.0 Å². The molecule has 0 unspecified atom stereocenters. The summed E-state index contributed by atoms with van der Waals surface area (Å²) in [6, 6.07) is 6.17. The van der Waals surface area contributed by atoms with Crippen molar-refractivity contribution in [1.82, 2.24) is 4.90 Å². The van der Waals surface area contributed by atoms with Crippen molar-refractivity contribution in [2.75, 3.05) is 13.1 Å². The number of carbonyl (C=O) groups excluding carboxylic acids is 1. The number of carboxylic acid groups (broad SMARTS) is 1. The van der Waals surface area contributed by atoms with Crippen LogP contribution in [0.2, 0.25) is 0 Å². The first-order chi connectivity index (χ1) is 11.9. The van der Waals surface area contributed by atoms with E-state index >= 15 is 0 Å². The molecule has 25 heavy (non-hydrogen) atoms. The molecule has 2 fully saturated rings. The minimum atomic E-state index is -0.990. The van der Waals surface area contributed by atoms with Gasteiger partial charge in [0.1, 0.15) is 18.0 Å². The lowest BCUT2D eigenvalue weighted by Crippen LogP contribution is -2.46. The van der Waals surface area contributed by atoms with Crippen LogP contribution in [0, 0.1) is 13.8 Å². The van der Waals surface area contributed by atoms with E-state index in [0.717, 1.165) is 24.2 Å². The minimum Gasteiger partial charge on any atom is -0.490 e. The Morgan fingerprint density at radius 2 is 1.80 bits per heavy atom. The predicted molar refractivity (Wildman–Crippen MR) is 91.7 cm³/mol. The van der Waals surface area contributed by atoms with E-state index in [1.54, 1.807) is 4.90 Å². The summed E-state index contributed by atoms with van der Waals surface area (Å²) in [4.78, 5) is 25.2. The SMILES string of the molecule is Cc1ccc(C)c(OC2CCN(C(=O)[C@@H]3CC[C@H](C(=O)O)O3)CC2)c1. The maximum atomic E-state index is 12.5. The number of rotatable bonds is 4. The lowest BCUT2D eigenvalue weighted by Gasteiger charge is -2.33. The lowest BCUT2D eigenvalue weighted by atomic mass is 10.1. The zero-order valence-corrected chi connectivity index (χ0v) is 14.7. The molecule has 1 amide bonds. The summed E-state index contributed by atoms with van der Waals surface area (Å²) in [7, 11) is 0. The third-order valence-corrected chi connectivity index (χ3v) is 4.96. The molecular weight excluding hydrogens is 322 g/mol. The number of likely N-dealkylation sites (tertiary alicyclic amines) is 1. The van der Waals surface area contributed by atoms with E-state index < -0.39 is 18.2 Å². The average Bonchev–Trinajstić information content (AvgIpc) is 3.08. The van der Waals surface area contributed by atoms with Crippen LogP contribution in [0.3, 0.4) is 0 Å². The number of nitrogens with zero attached hydrogens (tertiary/aromatic N) is 1. The third-order valence-electron chi connectivity index (χ3n) is 4.96. The van der Waals surface area contributed by atoms with Crippen molar-refractivity contribution in [2.45, 2.75) is 57.8 Å². The molecule has 2 aliphatic heterocycles. The number of aliphatic carboxylic acids is 1. The van der Waals surface area contributed by atoms with Gasteiger partial charge in [-0.05, 0) is 43.9 Å². The molecule has 3 rings (SSSR count). The van der Waals surface area contributed by atoms with E-state index in [0.29, 0.717) is 25.9 Å². The second-order valence-corrected chi connectivity index (χ2v) is 6.94. The van der Waals surface area contributed by atoms with Crippen molar-refractivity contribution in [3.8, 4) is 5.75 Å². The number of carbonyl (C=O) groups is 2. The van der Waals surface area contributed by atoms with Gasteiger partial charge < -0.3 is 19.5 Å². The molecule has 6 nitrogen and oxygen atoms in total. The molecule has 6 heteroatoms. The molecule has 1 aromatic carbocycles. The Bertz CT molecular complexity index is 651. The maximum Gasteiger partial charge on any atom is 0.332 e. The van der Waals surface area contributed by atoms with Crippen LogP contribution in [-0.2, 0) is 14.3 Å². The van der Waals surface area contributed by atoms with Gasteiger partial charge in [-0.25, -0.2) is 4.79 Å². The van der Waals surface area contributed by atoms with Gasteiger partial charge in [0, 0.05) is 25.9 Å². The maximum absolute atomic E-state index is 12.5. The van der Waals surface area contributed by atoms with Crippen LogP contribution in [0.15, 0.2) is 18.2 Å². The molecule has 0 aromatic heterocycles. The number of amides is 1. The van der Waals surface area contributed by atoms with Crippen molar-refractivity contribution >= 4 is 11.9 Å². The Balaban J connectivity index is 1.51. The van der Waals surface area contributed by atoms with E-state index in [1.807, 2.05) is 19.9 Å². The predicted octanol–water partition coefficient (Wildman–Crippen LogP) is 2.31. The van der Waals surface area contributed by atoms with Gasteiger partial charge in [-0.1, -0.05) is 12.1 Å². The highest BCUT2D eigenvalue weighted by Crippen LogP contribution is 2.26. The summed E-state index contributed by atoms with van der Waals surface area (Å²) >= 11 is 0. The van der Waals surface area contributed by atoms with Crippen LogP contribution in [0.25, 0.3) is 0 Å². The van der Waals surface area contributed by atoms with Crippen LogP contribution in [0.5, 0.6) is 5.75 Å². The number of piperidine rings is 1. The number of hydrogen-bond donors (Lipinski definition) is 1. The molecule has 136 valence electrons. The molecule has 0 radical (unpaired) electrons. The van der Waals surface area contributed by atoms with Gasteiger partial charge in [0.15, 0.2) is 6.10 Å². The van der Waals surface area contributed by atoms with Crippen LogP contribution < -0.4 is 4.74 Å². The van der Waals surface area contributed by atoms with Gasteiger partial charge in [-0.3, -0.25) is 4.79 Å². The number of aryl methyl sites for hydroxylation is 2. The summed E-state index contributed by atoms with van der Waals surface area (Å²) < 4.78 is 11.5. The fourth-order valence-electron chi connectivity index (χ4n) is 3.41. The zero-order valence-electron chi connectivity index (χ0n) is 14.7. The molecule has 2 aliphatic rings. The number of carboxylic acids is 1. The van der Waals surface area contributed by atoms with Crippen molar-refractivity contribution in [1.29, 1.82) is 0 Å². The standard InChI is InChI=1S/C19H25NO5/c1-12-3-4-13(2)17(11-12)24-14-7-9-20(10-8-14)18(21)15-5-6-16(25-15)19(22)23/h3-4,11,14-16H,5-10H2,1-2H3,(H,22,23)/t15-,16+/m0/s1. The van der Waals surface area contributed by atoms with Crippen LogP contribution in [0.1, 0.15) is 36.8 Å². The molecule has 2 saturated heterocycles. The third kappa shape index (κ3) is 4.12. The molecule has 0 saturated carbocycles. The summed E-state index contributed by atoms with van der Waals surface area (Å²) in [6.45, 7) is 5.31. The molecular formula is C19H25NO5. The Hall–Kier alpha value is -2.08. The van der Waals surface area contributed by atoms with E-state index in [9.17, 15) is 9.59 Å². The normalized spacial score (nSPS) is 24.3. The molecule has 1 aromatic rings. The molecule has 2 heterocycles. The molecule has 0 spiro atoms.